The lowest BCUT2D eigenvalue weighted by Crippen LogP contribution is -2.38. The fraction of sp³-hybridized carbons (Fsp3) is 0.154. The third-order valence-electron chi connectivity index (χ3n) is 5.46. The highest BCUT2D eigenvalue weighted by Gasteiger charge is 2.39. The molecule has 4 heteroatoms. The van der Waals surface area contributed by atoms with Crippen LogP contribution < -0.4 is 0 Å². The van der Waals surface area contributed by atoms with Crippen LogP contribution in [0, 0.1) is 0 Å². The number of ether oxygens (including phenoxy) is 1. The van der Waals surface area contributed by atoms with Crippen molar-refractivity contribution in [2.24, 2.45) is 0 Å². The molecule has 0 atom stereocenters. The van der Waals surface area contributed by atoms with Gasteiger partial charge in [-0.1, -0.05) is 91.0 Å². The fourth-order valence-electron chi connectivity index (χ4n) is 4.10. The van der Waals surface area contributed by atoms with Gasteiger partial charge in [-0.3, -0.25) is 4.79 Å². The summed E-state index contributed by atoms with van der Waals surface area (Å²) in [4.78, 5) is 16.3. The molecule has 0 amide bonds. The van der Waals surface area contributed by atoms with Crippen LogP contribution in [-0.2, 0) is 21.5 Å². The summed E-state index contributed by atoms with van der Waals surface area (Å²) in [5.41, 5.74) is 3.72. The molecular formula is C26H24N2O2. The molecule has 0 aliphatic heterocycles. The molecule has 0 saturated carbocycles. The van der Waals surface area contributed by atoms with E-state index in [0.29, 0.717) is 12.8 Å². The van der Waals surface area contributed by atoms with Crippen molar-refractivity contribution < 1.29 is 9.53 Å². The standard InChI is InChI=1S/C26H24N2O2/c1-30-25(29)18-17-24-19-27-20-28(24)26(21-11-5-2-6-12-21,22-13-7-3-8-14-22)23-15-9-4-10-16-23/h2-16,19-20H,17-18H2,1H3. The van der Waals surface area contributed by atoms with Crippen LogP contribution in [0.25, 0.3) is 0 Å². The van der Waals surface area contributed by atoms with E-state index < -0.39 is 5.54 Å². The summed E-state index contributed by atoms with van der Waals surface area (Å²) in [5, 5.41) is 0. The third kappa shape index (κ3) is 3.52. The number of carbonyl (C=O) groups is 1. The first-order valence-corrected chi connectivity index (χ1v) is 10.0. The zero-order valence-electron chi connectivity index (χ0n) is 16.9. The predicted octanol–water partition coefficient (Wildman–Crippen LogP) is 4.83. The molecule has 0 bridgehead atoms. The number of benzene rings is 3. The van der Waals surface area contributed by atoms with E-state index in [1.54, 1.807) is 0 Å². The second kappa shape index (κ2) is 8.78. The van der Waals surface area contributed by atoms with Gasteiger partial charge in [-0.15, -0.1) is 0 Å². The minimum absolute atomic E-state index is 0.229. The van der Waals surface area contributed by atoms with Gasteiger partial charge in [-0.25, -0.2) is 4.98 Å². The van der Waals surface area contributed by atoms with Crippen LogP contribution in [0.3, 0.4) is 0 Å². The molecule has 4 aromatic rings. The molecular weight excluding hydrogens is 372 g/mol. The molecule has 0 aliphatic carbocycles. The molecule has 0 N–H and O–H groups in total. The Bertz CT molecular complexity index is 993. The number of aryl methyl sites for hydroxylation is 1. The van der Waals surface area contributed by atoms with Gasteiger partial charge in [0.25, 0.3) is 0 Å². The number of carbonyl (C=O) groups excluding carboxylic acids is 1. The van der Waals surface area contributed by atoms with Gasteiger partial charge in [0.1, 0.15) is 5.54 Å². The molecule has 4 rings (SSSR count). The maximum absolute atomic E-state index is 11.8. The summed E-state index contributed by atoms with van der Waals surface area (Å²) < 4.78 is 7.05. The second-order valence-electron chi connectivity index (χ2n) is 7.14. The molecule has 0 aliphatic rings. The Hall–Kier alpha value is -3.66. The van der Waals surface area contributed by atoms with Gasteiger partial charge in [0.2, 0.25) is 0 Å². The van der Waals surface area contributed by atoms with Gasteiger partial charge in [0.15, 0.2) is 0 Å². The van der Waals surface area contributed by atoms with E-state index in [-0.39, 0.29) is 5.97 Å². The van der Waals surface area contributed by atoms with E-state index in [9.17, 15) is 4.79 Å². The average molecular weight is 396 g/mol. The highest BCUT2D eigenvalue weighted by atomic mass is 16.5. The average Bonchev–Trinajstić information content (AvgIpc) is 3.29. The highest BCUT2D eigenvalue weighted by molar-refractivity contribution is 5.69. The molecule has 4 nitrogen and oxygen atoms in total. The molecule has 150 valence electrons. The first-order valence-electron chi connectivity index (χ1n) is 10.0. The van der Waals surface area contributed by atoms with Crippen molar-refractivity contribution >= 4 is 5.97 Å². The first kappa shape index (κ1) is 19.6. The van der Waals surface area contributed by atoms with Gasteiger partial charge in [-0.05, 0) is 23.1 Å². The topological polar surface area (TPSA) is 44.1 Å². The number of rotatable bonds is 7. The summed E-state index contributed by atoms with van der Waals surface area (Å²) in [6.07, 6.45) is 4.55. The van der Waals surface area contributed by atoms with Crippen molar-refractivity contribution in [3.63, 3.8) is 0 Å². The van der Waals surface area contributed by atoms with Gasteiger partial charge < -0.3 is 9.30 Å². The van der Waals surface area contributed by atoms with E-state index in [1.165, 1.54) is 7.11 Å². The molecule has 30 heavy (non-hydrogen) atoms. The van der Waals surface area contributed by atoms with Crippen LogP contribution in [0.4, 0.5) is 0 Å². The summed E-state index contributed by atoms with van der Waals surface area (Å²) in [6.45, 7) is 0. The second-order valence-corrected chi connectivity index (χ2v) is 7.14. The Balaban J connectivity index is 2.00. The van der Waals surface area contributed by atoms with Crippen molar-refractivity contribution in [3.8, 4) is 0 Å². The van der Waals surface area contributed by atoms with Crippen LogP contribution in [0.15, 0.2) is 104 Å². The zero-order valence-corrected chi connectivity index (χ0v) is 16.9. The molecule has 1 heterocycles. The largest absolute Gasteiger partial charge is 0.469 e. The monoisotopic (exact) mass is 396 g/mol. The molecule has 0 saturated heterocycles. The quantitative estimate of drug-likeness (QED) is 0.332. The minimum atomic E-state index is -0.619. The number of imidazole rings is 1. The normalized spacial score (nSPS) is 11.2. The maximum Gasteiger partial charge on any atom is 0.305 e. The van der Waals surface area contributed by atoms with E-state index in [1.807, 2.05) is 30.7 Å². The lowest BCUT2D eigenvalue weighted by molar-refractivity contribution is -0.140. The van der Waals surface area contributed by atoms with Crippen LogP contribution in [0.5, 0.6) is 0 Å². The van der Waals surface area contributed by atoms with Gasteiger partial charge in [0, 0.05) is 11.9 Å². The Kier molecular flexibility index (Phi) is 5.75. The van der Waals surface area contributed by atoms with Crippen molar-refractivity contribution in [2.75, 3.05) is 7.11 Å². The van der Waals surface area contributed by atoms with Crippen LogP contribution in [-0.4, -0.2) is 22.6 Å². The van der Waals surface area contributed by atoms with Crippen molar-refractivity contribution in [2.45, 2.75) is 18.4 Å². The van der Waals surface area contributed by atoms with Gasteiger partial charge in [0.05, 0.1) is 19.9 Å². The SMILES string of the molecule is COC(=O)CCc1cncn1C(c1ccccc1)(c1ccccc1)c1ccccc1. The summed E-state index contributed by atoms with van der Waals surface area (Å²) in [5.74, 6) is -0.229. The number of esters is 1. The van der Waals surface area contributed by atoms with E-state index in [4.69, 9.17) is 4.74 Å². The smallest absolute Gasteiger partial charge is 0.305 e. The molecule has 0 unspecified atom stereocenters. The van der Waals surface area contributed by atoms with Crippen LogP contribution >= 0.6 is 0 Å². The lowest BCUT2D eigenvalue weighted by Gasteiger charge is -2.38. The third-order valence-corrected chi connectivity index (χ3v) is 5.46. The lowest BCUT2D eigenvalue weighted by atomic mass is 9.76. The number of nitrogens with zero attached hydrogens (tertiary/aromatic N) is 2. The maximum atomic E-state index is 11.8. The first-order chi connectivity index (χ1) is 14.8. The Labute approximate surface area is 176 Å². The number of methoxy groups -OCH3 is 1. The van der Waals surface area contributed by atoms with E-state index >= 15 is 0 Å². The minimum Gasteiger partial charge on any atom is -0.469 e. The fourth-order valence-corrected chi connectivity index (χ4v) is 4.10. The van der Waals surface area contributed by atoms with Crippen LogP contribution in [0.2, 0.25) is 0 Å². The van der Waals surface area contributed by atoms with Crippen molar-refractivity contribution in [3.05, 3.63) is 126 Å². The molecule has 0 radical (unpaired) electrons. The van der Waals surface area contributed by atoms with Crippen LogP contribution in [0.1, 0.15) is 28.8 Å². The molecule has 1 aromatic heterocycles. The predicted molar refractivity (Wildman–Crippen MR) is 117 cm³/mol. The van der Waals surface area contributed by atoms with E-state index in [2.05, 4.69) is 82.3 Å². The highest BCUT2D eigenvalue weighted by Crippen LogP contribution is 2.41. The Morgan fingerprint density at radius 3 is 1.73 bits per heavy atom. The number of hydrogen-bond acceptors (Lipinski definition) is 3. The molecule has 0 spiro atoms. The van der Waals surface area contributed by atoms with Crippen molar-refractivity contribution in [1.29, 1.82) is 0 Å². The molecule has 0 fully saturated rings. The van der Waals surface area contributed by atoms with Gasteiger partial charge >= 0.3 is 5.97 Å². The Morgan fingerprint density at radius 1 is 0.833 bits per heavy atom. The summed E-state index contributed by atoms with van der Waals surface area (Å²) in [6, 6.07) is 31.3. The van der Waals surface area contributed by atoms with Crippen molar-refractivity contribution in [1.82, 2.24) is 9.55 Å². The molecule has 3 aromatic carbocycles. The Morgan fingerprint density at radius 2 is 1.30 bits per heavy atom. The van der Waals surface area contributed by atoms with E-state index in [0.717, 1.165) is 22.4 Å². The van der Waals surface area contributed by atoms with Gasteiger partial charge in [-0.2, -0.15) is 0 Å². The zero-order chi connectivity index (χ0) is 20.8. The number of aromatic nitrogens is 2. The number of hydrogen-bond donors (Lipinski definition) is 0. The summed E-state index contributed by atoms with van der Waals surface area (Å²) >= 11 is 0. The summed E-state index contributed by atoms with van der Waals surface area (Å²) in [7, 11) is 1.42.